The maximum atomic E-state index is 12.1. The van der Waals surface area contributed by atoms with Crippen molar-refractivity contribution in [2.75, 3.05) is 26.7 Å². The van der Waals surface area contributed by atoms with Crippen LogP contribution in [0.2, 0.25) is 0 Å². The summed E-state index contributed by atoms with van der Waals surface area (Å²) < 4.78 is 5.26. The van der Waals surface area contributed by atoms with Crippen LogP contribution < -0.4 is 15.4 Å². The van der Waals surface area contributed by atoms with Gasteiger partial charge in [-0.05, 0) is 33.4 Å². The van der Waals surface area contributed by atoms with Crippen molar-refractivity contribution in [2.45, 2.75) is 39.8 Å². The van der Waals surface area contributed by atoms with E-state index in [1.54, 1.807) is 12.0 Å². The van der Waals surface area contributed by atoms with E-state index in [4.69, 9.17) is 4.74 Å². The molecule has 1 aromatic carbocycles. The first kappa shape index (κ1) is 20.0. The zero-order valence-electron chi connectivity index (χ0n) is 15.3. The molecule has 0 radical (unpaired) electrons. The molecule has 0 aliphatic carbocycles. The van der Waals surface area contributed by atoms with E-state index in [1.165, 1.54) is 0 Å². The lowest BCUT2D eigenvalue weighted by Crippen LogP contribution is -2.47. The van der Waals surface area contributed by atoms with Gasteiger partial charge in [0.25, 0.3) is 0 Å². The van der Waals surface area contributed by atoms with Gasteiger partial charge in [0, 0.05) is 17.6 Å². The van der Waals surface area contributed by atoms with Crippen molar-refractivity contribution < 1.29 is 14.3 Å². The van der Waals surface area contributed by atoms with Crippen molar-refractivity contribution in [3.8, 4) is 5.75 Å². The molecule has 0 atom stereocenters. The molecule has 0 fully saturated rings. The first-order valence-electron chi connectivity index (χ1n) is 8.17. The maximum absolute atomic E-state index is 12.1. The summed E-state index contributed by atoms with van der Waals surface area (Å²) in [6.07, 6.45) is 0. The van der Waals surface area contributed by atoms with E-state index in [0.717, 1.165) is 11.3 Å². The van der Waals surface area contributed by atoms with Crippen LogP contribution in [0, 0.1) is 0 Å². The van der Waals surface area contributed by atoms with Gasteiger partial charge in [-0.2, -0.15) is 0 Å². The van der Waals surface area contributed by atoms with E-state index in [2.05, 4.69) is 10.6 Å². The van der Waals surface area contributed by atoms with Crippen LogP contribution in [0.3, 0.4) is 0 Å². The summed E-state index contributed by atoms with van der Waals surface area (Å²) in [4.78, 5) is 25.9. The summed E-state index contributed by atoms with van der Waals surface area (Å²) in [6, 6.07) is 7.56. The van der Waals surface area contributed by atoms with Crippen molar-refractivity contribution in [1.82, 2.24) is 15.5 Å². The highest BCUT2D eigenvalue weighted by Gasteiger charge is 2.17. The van der Waals surface area contributed by atoms with Crippen molar-refractivity contribution in [3.05, 3.63) is 29.8 Å². The highest BCUT2D eigenvalue weighted by molar-refractivity contribution is 5.81. The molecule has 0 aliphatic heterocycles. The molecule has 0 spiro atoms. The van der Waals surface area contributed by atoms with Gasteiger partial charge in [-0.25, -0.2) is 0 Å². The average molecular weight is 335 g/mol. The summed E-state index contributed by atoms with van der Waals surface area (Å²) >= 11 is 0. The Labute approximate surface area is 144 Å². The smallest absolute Gasteiger partial charge is 0.234 e. The van der Waals surface area contributed by atoms with Gasteiger partial charge in [0.1, 0.15) is 5.75 Å². The van der Waals surface area contributed by atoms with Gasteiger partial charge in [-0.3, -0.25) is 14.5 Å². The number of para-hydroxylation sites is 1. The molecule has 6 heteroatoms. The quantitative estimate of drug-likeness (QED) is 0.756. The fourth-order valence-electron chi connectivity index (χ4n) is 2.24. The molecular formula is C18H29N3O3. The molecular weight excluding hydrogens is 306 g/mol. The Balaban J connectivity index is 2.48. The number of carbonyl (C=O) groups is 2. The van der Waals surface area contributed by atoms with Gasteiger partial charge in [0.05, 0.1) is 20.2 Å². The van der Waals surface area contributed by atoms with Crippen molar-refractivity contribution in [1.29, 1.82) is 0 Å². The van der Waals surface area contributed by atoms with E-state index < -0.39 is 0 Å². The summed E-state index contributed by atoms with van der Waals surface area (Å²) in [7, 11) is 1.60. The molecule has 0 aromatic heterocycles. The third-order valence-electron chi connectivity index (χ3n) is 3.36. The Hall–Kier alpha value is -2.08. The highest BCUT2D eigenvalue weighted by atomic mass is 16.5. The first-order chi connectivity index (χ1) is 11.2. The molecule has 6 nitrogen and oxygen atoms in total. The van der Waals surface area contributed by atoms with Crippen LogP contribution in [0.4, 0.5) is 0 Å². The summed E-state index contributed by atoms with van der Waals surface area (Å²) in [5, 5.41) is 5.77. The number of hydrogen-bond acceptors (Lipinski definition) is 4. The number of rotatable bonds is 8. The van der Waals surface area contributed by atoms with Crippen LogP contribution in [-0.2, 0) is 16.1 Å². The van der Waals surface area contributed by atoms with Gasteiger partial charge in [-0.15, -0.1) is 0 Å². The van der Waals surface area contributed by atoms with Crippen molar-refractivity contribution in [2.24, 2.45) is 0 Å². The van der Waals surface area contributed by atoms with E-state index in [-0.39, 0.29) is 30.4 Å². The van der Waals surface area contributed by atoms with Crippen LogP contribution in [0.15, 0.2) is 24.3 Å². The van der Waals surface area contributed by atoms with E-state index in [9.17, 15) is 9.59 Å². The Kier molecular flexibility index (Phi) is 7.71. The highest BCUT2D eigenvalue weighted by Crippen LogP contribution is 2.16. The SMILES string of the molecule is CCN(CC(=O)NCc1ccccc1OC)CC(=O)NC(C)(C)C. The second-order valence-corrected chi connectivity index (χ2v) is 6.69. The molecule has 0 heterocycles. The number of nitrogens with zero attached hydrogens (tertiary/aromatic N) is 1. The van der Waals surface area contributed by atoms with E-state index in [1.807, 2.05) is 52.0 Å². The molecule has 0 bridgehead atoms. The van der Waals surface area contributed by atoms with Crippen molar-refractivity contribution >= 4 is 11.8 Å². The second-order valence-electron chi connectivity index (χ2n) is 6.69. The van der Waals surface area contributed by atoms with Crippen LogP contribution >= 0.6 is 0 Å². The third kappa shape index (κ3) is 7.46. The average Bonchev–Trinajstić information content (AvgIpc) is 2.50. The van der Waals surface area contributed by atoms with Crippen LogP contribution in [-0.4, -0.2) is 49.0 Å². The minimum Gasteiger partial charge on any atom is -0.496 e. The first-order valence-corrected chi connectivity index (χ1v) is 8.17. The van der Waals surface area contributed by atoms with E-state index >= 15 is 0 Å². The number of amides is 2. The molecule has 1 rings (SSSR count). The standard InChI is InChI=1S/C18H29N3O3/c1-6-21(13-17(23)20-18(2,3)4)12-16(22)19-11-14-9-7-8-10-15(14)24-5/h7-10H,6,11-13H2,1-5H3,(H,19,22)(H,20,23). The summed E-state index contributed by atoms with van der Waals surface area (Å²) in [5.41, 5.74) is 0.643. The summed E-state index contributed by atoms with van der Waals surface area (Å²) in [5.74, 6) is 0.544. The number of hydrogen-bond donors (Lipinski definition) is 2. The third-order valence-corrected chi connectivity index (χ3v) is 3.36. The predicted octanol–water partition coefficient (Wildman–Crippen LogP) is 1.55. The lowest BCUT2D eigenvalue weighted by atomic mass is 10.1. The number of nitrogens with one attached hydrogen (secondary N) is 2. The monoisotopic (exact) mass is 335 g/mol. The zero-order chi connectivity index (χ0) is 18.2. The van der Waals surface area contributed by atoms with Crippen LogP contribution in [0.1, 0.15) is 33.3 Å². The molecule has 24 heavy (non-hydrogen) atoms. The Morgan fingerprint density at radius 3 is 2.33 bits per heavy atom. The molecule has 2 amide bonds. The lowest BCUT2D eigenvalue weighted by Gasteiger charge is -2.24. The molecule has 0 saturated carbocycles. The molecule has 1 aromatic rings. The van der Waals surface area contributed by atoms with Gasteiger partial charge in [-0.1, -0.05) is 25.1 Å². The molecule has 2 N–H and O–H groups in total. The van der Waals surface area contributed by atoms with Gasteiger partial charge in [0.15, 0.2) is 0 Å². The largest absolute Gasteiger partial charge is 0.496 e. The molecule has 0 saturated heterocycles. The fourth-order valence-corrected chi connectivity index (χ4v) is 2.24. The zero-order valence-corrected chi connectivity index (χ0v) is 15.3. The van der Waals surface area contributed by atoms with E-state index in [0.29, 0.717) is 13.1 Å². The number of carbonyl (C=O) groups excluding carboxylic acids is 2. The number of likely N-dealkylation sites (N-methyl/N-ethyl adjacent to an activating group) is 1. The lowest BCUT2D eigenvalue weighted by molar-refractivity contribution is -0.125. The minimum absolute atomic E-state index is 0.0816. The number of ether oxygens (including phenoxy) is 1. The van der Waals surface area contributed by atoms with Crippen LogP contribution in [0.25, 0.3) is 0 Å². The van der Waals surface area contributed by atoms with Crippen molar-refractivity contribution in [3.63, 3.8) is 0 Å². The molecule has 0 aliphatic rings. The molecule has 0 unspecified atom stereocenters. The number of methoxy groups -OCH3 is 1. The predicted molar refractivity (Wildman–Crippen MR) is 94.9 cm³/mol. The van der Waals surface area contributed by atoms with Gasteiger partial charge < -0.3 is 15.4 Å². The van der Waals surface area contributed by atoms with Gasteiger partial charge >= 0.3 is 0 Å². The Morgan fingerprint density at radius 1 is 1.12 bits per heavy atom. The topological polar surface area (TPSA) is 70.7 Å². The normalized spacial score (nSPS) is 11.2. The fraction of sp³-hybridized carbons (Fsp3) is 0.556. The maximum Gasteiger partial charge on any atom is 0.234 e. The Morgan fingerprint density at radius 2 is 1.75 bits per heavy atom. The molecule has 134 valence electrons. The van der Waals surface area contributed by atoms with Gasteiger partial charge in [0.2, 0.25) is 11.8 Å². The second kappa shape index (κ2) is 9.27. The summed E-state index contributed by atoms with van der Waals surface area (Å²) in [6.45, 7) is 9.13. The van der Waals surface area contributed by atoms with Crippen LogP contribution in [0.5, 0.6) is 5.75 Å². The number of benzene rings is 1. The Bertz CT molecular complexity index is 553. The minimum atomic E-state index is -0.275.